The minimum Gasteiger partial charge on any atom is -0.494 e. The quantitative estimate of drug-likeness (QED) is 0.544. The Morgan fingerprint density at radius 3 is 2.63 bits per heavy atom. The molecular weight excluding hydrogens is 242 g/mol. The van der Waals surface area contributed by atoms with Crippen LogP contribution in [0.2, 0.25) is 0 Å². The predicted octanol–water partition coefficient (Wildman–Crippen LogP) is 2.50. The minimum absolute atomic E-state index is 0.0175. The first-order chi connectivity index (χ1) is 9.20. The molecule has 0 aliphatic heterocycles. The molecule has 0 atom stereocenters. The number of hydrogen-bond acceptors (Lipinski definition) is 3. The molecule has 0 amide bonds. The summed E-state index contributed by atoms with van der Waals surface area (Å²) in [6.45, 7) is 0. The van der Waals surface area contributed by atoms with Crippen LogP contribution in [0.1, 0.15) is 0 Å². The van der Waals surface area contributed by atoms with Gasteiger partial charge in [0.15, 0.2) is 5.96 Å². The van der Waals surface area contributed by atoms with E-state index in [0.717, 1.165) is 21.9 Å². The monoisotopic (exact) mass is 255 g/mol. The van der Waals surface area contributed by atoms with Crippen LogP contribution >= 0.6 is 0 Å². The number of benzene rings is 2. The van der Waals surface area contributed by atoms with E-state index in [1.165, 1.54) is 0 Å². The van der Waals surface area contributed by atoms with Crippen molar-refractivity contribution in [3.63, 3.8) is 0 Å². The van der Waals surface area contributed by atoms with Crippen molar-refractivity contribution in [2.24, 2.45) is 16.5 Å². The third kappa shape index (κ3) is 1.76. The summed E-state index contributed by atoms with van der Waals surface area (Å²) in [6.07, 6.45) is 0. The molecule has 0 saturated carbocycles. The number of fused-ring (bicyclic) bond motifs is 3. The Labute approximate surface area is 109 Å². The van der Waals surface area contributed by atoms with Gasteiger partial charge in [-0.25, -0.2) is 4.99 Å². The second-order valence-corrected chi connectivity index (χ2v) is 4.12. The van der Waals surface area contributed by atoms with Gasteiger partial charge in [-0.3, -0.25) is 0 Å². The lowest BCUT2D eigenvalue weighted by Crippen LogP contribution is -2.22. The Morgan fingerprint density at radius 2 is 1.89 bits per heavy atom. The van der Waals surface area contributed by atoms with Gasteiger partial charge in [0.25, 0.3) is 0 Å². The van der Waals surface area contributed by atoms with Crippen molar-refractivity contribution in [1.82, 2.24) is 0 Å². The average Bonchev–Trinajstić information content (AvgIpc) is 2.77. The predicted molar refractivity (Wildman–Crippen MR) is 75.7 cm³/mol. The van der Waals surface area contributed by atoms with Crippen molar-refractivity contribution in [2.75, 3.05) is 7.11 Å². The van der Waals surface area contributed by atoms with E-state index >= 15 is 0 Å². The molecule has 3 aromatic rings. The second-order valence-electron chi connectivity index (χ2n) is 4.12. The highest BCUT2D eigenvalue weighted by molar-refractivity contribution is 6.12. The molecule has 0 aliphatic rings. The zero-order valence-corrected chi connectivity index (χ0v) is 10.4. The third-order valence-corrected chi connectivity index (χ3v) is 2.94. The number of nitrogens with zero attached hydrogens (tertiary/aromatic N) is 1. The molecule has 4 N–H and O–H groups in total. The Hall–Kier alpha value is -2.69. The molecule has 2 aromatic carbocycles. The van der Waals surface area contributed by atoms with E-state index in [1.807, 2.05) is 30.3 Å². The molecule has 1 aromatic heterocycles. The molecular formula is C14H13N3O2. The smallest absolute Gasteiger partial charge is 0.191 e. The van der Waals surface area contributed by atoms with Crippen LogP contribution in [-0.2, 0) is 0 Å². The van der Waals surface area contributed by atoms with E-state index in [0.29, 0.717) is 11.4 Å². The van der Waals surface area contributed by atoms with E-state index in [9.17, 15) is 0 Å². The fraction of sp³-hybridized carbons (Fsp3) is 0.0714. The molecule has 0 aliphatic carbocycles. The number of rotatable bonds is 2. The summed E-state index contributed by atoms with van der Waals surface area (Å²) in [6, 6.07) is 11.4. The molecule has 0 saturated heterocycles. The summed E-state index contributed by atoms with van der Waals surface area (Å²) in [4.78, 5) is 4.17. The maximum absolute atomic E-state index is 5.77. The van der Waals surface area contributed by atoms with Crippen LogP contribution in [0.3, 0.4) is 0 Å². The Balaban J connectivity index is 2.49. The highest BCUT2D eigenvalue weighted by atomic mass is 16.5. The van der Waals surface area contributed by atoms with Gasteiger partial charge in [0.2, 0.25) is 0 Å². The van der Waals surface area contributed by atoms with Gasteiger partial charge in [0.1, 0.15) is 22.6 Å². The van der Waals surface area contributed by atoms with Gasteiger partial charge in [-0.05, 0) is 18.2 Å². The number of ether oxygens (including phenoxy) is 1. The van der Waals surface area contributed by atoms with E-state index in [-0.39, 0.29) is 5.96 Å². The van der Waals surface area contributed by atoms with Crippen LogP contribution in [0.25, 0.3) is 21.9 Å². The first-order valence-corrected chi connectivity index (χ1v) is 5.78. The fourth-order valence-electron chi connectivity index (χ4n) is 2.18. The van der Waals surface area contributed by atoms with Gasteiger partial charge >= 0.3 is 0 Å². The first kappa shape index (κ1) is 11.4. The van der Waals surface area contributed by atoms with Gasteiger partial charge < -0.3 is 20.6 Å². The number of methoxy groups -OCH3 is 1. The number of furan rings is 1. The third-order valence-electron chi connectivity index (χ3n) is 2.94. The van der Waals surface area contributed by atoms with Crippen LogP contribution in [0, 0.1) is 0 Å². The SMILES string of the molecule is COc1ccc2oc3ccccc3c2c1N=C(N)N. The van der Waals surface area contributed by atoms with Crippen LogP contribution in [0.5, 0.6) is 5.75 Å². The number of hydrogen-bond donors (Lipinski definition) is 2. The molecule has 0 bridgehead atoms. The second kappa shape index (κ2) is 4.20. The standard InChI is InChI=1S/C14H13N3O2/c1-18-11-7-6-10-12(13(11)17-14(15)16)8-4-2-3-5-9(8)19-10/h2-7H,1H3,(H4,15,16,17). The summed E-state index contributed by atoms with van der Waals surface area (Å²) < 4.78 is 11.1. The van der Waals surface area contributed by atoms with E-state index in [4.69, 9.17) is 20.6 Å². The van der Waals surface area contributed by atoms with Crippen LogP contribution in [-0.4, -0.2) is 13.1 Å². The minimum atomic E-state index is -0.0175. The topological polar surface area (TPSA) is 86.8 Å². The Kier molecular flexibility index (Phi) is 2.52. The zero-order chi connectivity index (χ0) is 13.4. The first-order valence-electron chi connectivity index (χ1n) is 5.78. The molecule has 0 spiro atoms. The lowest BCUT2D eigenvalue weighted by Gasteiger charge is -2.05. The maximum atomic E-state index is 5.77. The molecule has 3 rings (SSSR count). The lowest BCUT2D eigenvalue weighted by molar-refractivity contribution is 0.416. The van der Waals surface area contributed by atoms with Crippen molar-refractivity contribution in [3.8, 4) is 5.75 Å². The molecule has 5 heteroatoms. The van der Waals surface area contributed by atoms with Crippen LogP contribution in [0.15, 0.2) is 45.8 Å². The molecule has 0 radical (unpaired) electrons. The normalized spacial score (nSPS) is 10.8. The summed E-state index contributed by atoms with van der Waals surface area (Å²) >= 11 is 0. The lowest BCUT2D eigenvalue weighted by atomic mass is 10.1. The van der Waals surface area contributed by atoms with E-state index in [2.05, 4.69) is 4.99 Å². The maximum Gasteiger partial charge on any atom is 0.191 e. The summed E-state index contributed by atoms with van der Waals surface area (Å²) in [5, 5.41) is 1.81. The highest BCUT2D eigenvalue weighted by Gasteiger charge is 2.14. The Morgan fingerprint density at radius 1 is 1.11 bits per heavy atom. The van der Waals surface area contributed by atoms with Gasteiger partial charge in [0, 0.05) is 5.39 Å². The summed E-state index contributed by atoms with van der Waals surface area (Å²) in [5.74, 6) is 0.587. The molecule has 1 heterocycles. The summed E-state index contributed by atoms with van der Waals surface area (Å²) in [7, 11) is 1.58. The van der Waals surface area contributed by atoms with Crippen molar-refractivity contribution >= 4 is 33.6 Å². The molecule has 96 valence electrons. The van der Waals surface area contributed by atoms with Crippen LogP contribution < -0.4 is 16.2 Å². The summed E-state index contributed by atoms with van der Waals surface area (Å²) in [5.41, 5.74) is 13.1. The molecule has 19 heavy (non-hydrogen) atoms. The van der Waals surface area contributed by atoms with Crippen LogP contribution in [0.4, 0.5) is 5.69 Å². The van der Waals surface area contributed by atoms with Gasteiger partial charge in [0.05, 0.1) is 12.5 Å². The van der Waals surface area contributed by atoms with Gasteiger partial charge in [-0.2, -0.15) is 0 Å². The number of guanidine groups is 1. The number of aliphatic imine (C=N–C) groups is 1. The van der Waals surface area contributed by atoms with E-state index in [1.54, 1.807) is 13.2 Å². The van der Waals surface area contributed by atoms with Crippen molar-refractivity contribution in [2.45, 2.75) is 0 Å². The van der Waals surface area contributed by atoms with Crippen molar-refractivity contribution < 1.29 is 9.15 Å². The van der Waals surface area contributed by atoms with Gasteiger partial charge in [-0.15, -0.1) is 0 Å². The largest absolute Gasteiger partial charge is 0.494 e. The van der Waals surface area contributed by atoms with Crippen molar-refractivity contribution in [1.29, 1.82) is 0 Å². The molecule has 0 unspecified atom stereocenters. The Bertz CT molecular complexity index is 786. The fourth-order valence-corrected chi connectivity index (χ4v) is 2.18. The highest BCUT2D eigenvalue weighted by Crippen LogP contribution is 2.41. The molecule has 5 nitrogen and oxygen atoms in total. The molecule has 0 fully saturated rings. The average molecular weight is 255 g/mol. The van der Waals surface area contributed by atoms with E-state index < -0.39 is 0 Å². The van der Waals surface area contributed by atoms with Crippen molar-refractivity contribution in [3.05, 3.63) is 36.4 Å². The zero-order valence-electron chi connectivity index (χ0n) is 10.4. The number of para-hydroxylation sites is 1. The number of nitrogens with two attached hydrogens (primary N) is 2. The van der Waals surface area contributed by atoms with Gasteiger partial charge in [-0.1, -0.05) is 18.2 Å².